The van der Waals surface area contributed by atoms with Crippen molar-refractivity contribution in [3.63, 3.8) is 0 Å². The first-order chi connectivity index (χ1) is 13.3. The predicted octanol–water partition coefficient (Wildman–Crippen LogP) is 3.74. The highest BCUT2D eigenvalue weighted by molar-refractivity contribution is 5.54. The van der Waals surface area contributed by atoms with Gasteiger partial charge in [-0.1, -0.05) is 24.3 Å². The van der Waals surface area contributed by atoms with Crippen LogP contribution in [0.15, 0.2) is 36.4 Å². The van der Waals surface area contributed by atoms with Gasteiger partial charge in [0, 0.05) is 31.2 Å². The van der Waals surface area contributed by atoms with Gasteiger partial charge in [0.15, 0.2) is 11.5 Å². The average Bonchev–Trinajstić information content (AvgIpc) is 2.67. The lowest BCUT2D eigenvalue weighted by Gasteiger charge is -2.21. The molecule has 0 bridgehead atoms. The van der Waals surface area contributed by atoms with Gasteiger partial charge in [-0.05, 0) is 38.1 Å². The van der Waals surface area contributed by atoms with E-state index in [-0.39, 0.29) is 5.69 Å². The van der Waals surface area contributed by atoms with Crippen molar-refractivity contribution in [2.75, 3.05) is 21.3 Å². The highest BCUT2D eigenvalue weighted by Crippen LogP contribution is 2.34. The molecule has 1 N–H and O–H groups in total. The molecule has 2 aromatic carbocycles. The van der Waals surface area contributed by atoms with Gasteiger partial charge in [-0.15, -0.1) is 0 Å². The molecule has 0 fully saturated rings. The molecule has 0 amide bonds. The molecule has 28 heavy (non-hydrogen) atoms. The smallest absolute Gasteiger partial charge is 0.277 e. The van der Waals surface area contributed by atoms with Gasteiger partial charge in [-0.25, -0.2) is 0 Å². The zero-order valence-electron chi connectivity index (χ0n) is 17.2. The van der Waals surface area contributed by atoms with E-state index in [1.807, 2.05) is 6.07 Å². The van der Waals surface area contributed by atoms with E-state index in [9.17, 15) is 10.1 Å². The minimum Gasteiger partial charge on any atom is -0.493 e. The van der Waals surface area contributed by atoms with Gasteiger partial charge in [0.25, 0.3) is 5.69 Å². The molecule has 0 saturated heterocycles. The zero-order chi connectivity index (χ0) is 20.7. The number of rotatable bonds is 10. The van der Waals surface area contributed by atoms with Crippen molar-refractivity contribution in [2.24, 2.45) is 0 Å². The second-order valence-electron chi connectivity index (χ2n) is 7.03. The Morgan fingerprint density at radius 2 is 1.71 bits per heavy atom. The summed E-state index contributed by atoms with van der Waals surface area (Å²) in [7, 11) is 5.08. The molecule has 0 saturated carbocycles. The van der Waals surface area contributed by atoms with Gasteiger partial charge in [0.05, 0.1) is 25.2 Å². The fourth-order valence-corrected chi connectivity index (χ4v) is 2.87. The van der Waals surface area contributed by atoms with Gasteiger partial charge in [-0.2, -0.15) is 0 Å². The number of hydrogen-bond donors (Lipinski definition) is 1. The van der Waals surface area contributed by atoms with Crippen LogP contribution in [0.25, 0.3) is 0 Å². The number of benzene rings is 2. The third-order valence-corrected chi connectivity index (χ3v) is 4.73. The Morgan fingerprint density at radius 1 is 1.07 bits per heavy atom. The number of nitrogens with one attached hydrogen (secondary N) is 1. The Bertz CT molecular complexity index is 808. The Morgan fingerprint density at radius 3 is 2.32 bits per heavy atom. The van der Waals surface area contributed by atoms with E-state index >= 15 is 0 Å². The second kappa shape index (κ2) is 10.1. The standard InChI is InChI=1S/C21H29N3O4/c1-15(2)23(3)14-17-8-6-7-16(9-17)12-22-13-18-10-20(27-4)21(28-5)11-19(18)24(25)26/h6-11,15,22H,12-14H2,1-5H3. The molecule has 7 nitrogen and oxygen atoms in total. The van der Waals surface area contributed by atoms with Crippen LogP contribution in [0.2, 0.25) is 0 Å². The molecular weight excluding hydrogens is 358 g/mol. The third-order valence-electron chi connectivity index (χ3n) is 4.73. The van der Waals surface area contributed by atoms with E-state index in [0.29, 0.717) is 36.2 Å². The van der Waals surface area contributed by atoms with Crippen LogP contribution in [0, 0.1) is 10.1 Å². The summed E-state index contributed by atoms with van der Waals surface area (Å²) in [6.45, 7) is 6.19. The molecule has 0 aromatic heterocycles. The Labute approximate surface area is 166 Å². The van der Waals surface area contributed by atoms with Gasteiger partial charge in [0.2, 0.25) is 0 Å². The highest BCUT2D eigenvalue weighted by Gasteiger charge is 2.19. The molecule has 152 valence electrons. The van der Waals surface area contributed by atoms with Crippen LogP contribution >= 0.6 is 0 Å². The first-order valence-electron chi connectivity index (χ1n) is 9.23. The fourth-order valence-electron chi connectivity index (χ4n) is 2.87. The molecule has 0 unspecified atom stereocenters. The van der Waals surface area contributed by atoms with Crippen LogP contribution in [0.5, 0.6) is 11.5 Å². The van der Waals surface area contributed by atoms with E-state index in [4.69, 9.17) is 9.47 Å². The number of nitro groups is 1. The second-order valence-corrected chi connectivity index (χ2v) is 7.03. The molecule has 7 heteroatoms. The predicted molar refractivity (Wildman–Crippen MR) is 110 cm³/mol. The summed E-state index contributed by atoms with van der Waals surface area (Å²) in [6, 6.07) is 11.9. The Kier molecular flexibility index (Phi) is 7.78. The third kappa shape index (κ3) is 5.68. The van der Waals surface area contributed by atoms with E-state index in [1.165, 1.54) is 25.8 Å². The summed E-state index contributed by atoms with van der Waals surface area (Å²) in [5.41, 5.74) is 2.95. The summed E-state index contributed by atoms with van der Waals surface area (Å²) < 4.78 is 10.4. The fraction of sp³-hybridized carbons (Fsp3) is 0.429. The van der Waals surface area contributed by atoms with E-state index < -0.39 is 4.92 Å². The molecule has 2 aromatic rings. The van der Waals surface area contributed by atoms with Crippen LogP contribution in [0.1, 0.15) is 30.5 Å². The molecule has 0 aliphatic carbocycles. The molecule has 2 rings (SSSR count). The van der Waals surface area contributed by atoms with Crippen molar-refractivity contribution in [2.45, 2.75) is 39.5 Å². The Hall–Kier alpha value is -2.64. The summed E-state index contributed by atoms with van der Waals surface area (Å²) in [4.78, 5) is 13.3. The largest absolute Gasteiger partial charge is 0.493 e. The molecule has 0 heterocycles. The molecule has 0 radical (unpaired) electrons. The molecular formula is C21H29N3O4. The monoisotopic (exact) mass is 387 g/mol. The maximum atomic E-state index is 11.4. The minimum absolute atomic E-state index is 0.0115. The summed E-state index contributed by atoms with van der Waals surface area (Å²) in [5, 5.41) is 14.7. The normalized spacial score (nSPS) is 11.1. The summed E-state index contributed by atoms with van der Waals surface area (Å²) in [6.07, 6.45) is 0. The number of nitrogens with zero attached hydrogens (tertiary/aromatic N) is 2. The topological polar surface area (TPSA) is 76.9 Å². The summed E-state index contributed by atoms with van der Waals surface area (Å²) in [5.74, 6) is 0.823. The van der Waals surface area contributed by atoms with E-state index in [2.05, 4.69) is 49.3 Å². The molecule has 0 spiro atoms. The van der Waals surface area contributed by atoms with Crippen molar-refractivity contribution in [3.05, 3.63) is 63.2 Å². The maximum Gasteiger partial charge on any atom is 0.277 e. The van der Waals surface area contributed by atoms with Gasteiger partial charge in [-0.3, -0.25) is 15.0 Å². The van der Waals surface area contributed by atoms with Gasteiger partial charge < -0.3 is 14.8 Å². The first kappa shape index (κ1) is 21.7. The number of nitro benzene ring substituents is 1. The average molecular weight is 387 g/mol. The van der Waals surface area contributed by atoms with Gasteiger partial charge in [0.1, 0.15) is 0 Å². The lowest BCUT2D eigenvalue weighted by atomic mass is 10.1. The van der Waals surface area contributed by atoms with Crippen LogP contribution in [0.4, 0.5) is 5.69 Å². The van der Waals surface area contributed by atoms with Crippen molar-refractivity contribution < 1.29 is 14.4 Å². The number of methoxy groups -OCH3 is 2. The highest BCUT2D eigenvalue weighted by atomic mass is 16.6. The van der Waals surface area contributed by atoms with E-state index in [0.717, 1.165) is 12.1 Å². The zero-order valence-corrected chi connectivity index (χ0v) is 17.2. The number of ether oxygens (including phenoxy) is 2. The van der Waals surface area contributed by atoms with Crippen molar-refractivity contribution in [1.29, 1.82) is 0 Å². The van der Waals surface area contributed by atoms with Crippen LogP contribution in [-0.2, 0) is 19.6 Å². The molecule has 0 aliphatic rings. The maximum absolute atomic E-state index is 11.4. The summed E-state index contributed by atoms with van der Waals surface area (Å²) >= 11 is 0. The lowest BCUT2D eigenvalue weighted by molar-refractivity contribution is -0.385. The first-order valence-corrected chi connectivity index (χ1v) is 9.23. The van der Waals surface area contributed by atoms with E-state index in [1.54, 1.807) is 6.07 Å². The van der Waals surface area contributed by atoms with Crippen molar-refractivity contribution >= 4 is 5.69 Å². The van der Waals surface area contributed by atoms with Crippen LogP contribution in [0.3, 0.4) is 0 Å². The number of hydrogen-bond acceptors (Lipinski definition) is 6. The molecule has 0 aliphatic heterocycles. The van der Waals surface area contributed by atoms with Crippen molar-refractivity contribution in [1.82, 2.24) is 10.2 Å². The van der Waals surface area contributed by atoms with Gasteiger partial charge >= 0.3 is 0 Å². The Balaban J connectivity index is 2.08. The van der Waals surface area contributed by atoms with Crippen LogP contribution in [-0.4, -0.2) is 37.1 Å². The van der Waals surface area contributed by atoms with Crippen LogP contribution < -0.4 is 14.8 Å². The quantitative estimate of drug-likeness (QED) is 0.494. The minimum atomic E-state index is -0.401. The molecule has 0 atom stereocenters. The SMILES string of the molecule is COc1cc(CNCc2cccc(CN(C)C(C)C)c2)c([N+](=O)[O-])cc1OC. The van der Waals surface area contributed by atoms with Crippen molar-refractivity contribution in [3.8, 4) is 11.5 Å². The lowest BCUT2D eigenvalue weighted by Crippen LogP contribution is -2.25.